The highest BCUT2D eigenvalue weighted by Gasteiger charge is 2.29. The summed E-state index contributed by atoms with van der Waals surface area (Å²) >= 11 is 1.72. The molecular weight excluding hydrogens is 364 g/mol. The van der Waals surface area contributed by atoms with Gasteiger partial charge in [-0.15, -0.1) is 11.8 Å². The minimum absolute atomic E-state index is 0.0802. The number of nitrogens with one attached hydrogen (secondary N) is 1. The molecule has 1 aliphatic rings. The first-order valence-electron chi connectivity index (χ1n) is 8.73. The zero-order valence-corrected chi connectivity index (χ0v) is 15.8. The van der Waals surface area contributed by atoms with Crippen LogP contribution < -0.4 is 5.32 Å². The van der Waals surface area contributed by atoms with E-state index in [-0.39, 0.29) is 28.7 Å². The van der Waals surface area contributed by atoms with Crippen LogP contribution in [0.1, 0.15) is 29.8 Å². The van der Waals surface area contributed by atoms with Crippen molar-refractivity contribution in [1.29, 1.82) is 0 Å². The summed E-state index contributed by atoms with van der Waals surface area (Å²) in [5, 5.41) is 21.7. The number of hydrogen-bond donors (Lipinski definition) is 3. The topological polar surface area (TPSA) is 89.9 Å². The van der Waals surface area contributed by atoms with E-state index in [1.165, 1.54) is 19.1 Å². The van der Waals surface area contributed by atoms with Crippen molar-refractivity contribution in [3.63, 3.8) is 0 Å². The number of hydrogen-bond acceptors (Lipinski definition) is 5. The van der Waals surface area contributed by atoms with Crippen molar-refractivity contribution in [2.24, 2.45) is 0 Å². The van der Waals surface area contributed by atoms with E-state index in [1.807, 2.05) is 29.2 Å². The Kier molecular flexibility index (Phi) is 5.91. The van der Waals surface area contributed by atoms with Crippen LogP contribution in [0.15, 0.2) is 42.5 Å². The van der Waals surface area contributed by atoms with E-state index in [1.54, 1.807) is 17.8 Å². The summed E-state index contributed by atoms with van der Waals surface area (Å²) < 4.78 is 0. The minimum Gasteiger partial charge on any atom is -0.504 e. The molecule has 27 heavy (non-hydrogen) atoms. The van der Waals surface area contributed by atoms with Crippen LogP contribution in [0.25, 0.3) is 0 Å². The van der Waals surface area contributed by atoms with Gasteiger partial charge >= 0.3 is 0 Å². The largest absolute Gasteiger partial charge is 0.504 e. The monoisotopic (exact) mass is 386 g/mol. The fourth-order valence-corrected chi connectivity index (χ4v) is 4.32. The quantitative estimate of drug-likeness (QED) is 0.686. The number of carbonyl (C=O) groups excluding carboxylic acids is 2. The number of phenols is 2. The number of phenolic OH excluding ortho intramolecular Hbond substituents is 2. The maximum atomic E-state index is 12.5. The van der Waals surface area contributed by atoms with E-state index >= 15 is 0 Å². The van der Waals surface area contributed by atoms with Gasteiger partial charge in [0.05, 0.1) is 0 Å². The Morgan fingerprint density at radius 2 is 1.93 bits per heavy atom. The zero-order valence-electron chi connectivity index (χ0n) is 15.0. The lowest BCUT2D eigenvalue weighted by molar-refractivity contribution is -0.132. The predicted molar refractivity (Wildman–Crippen MR) is 106 cm³/mol. The van der Waals surface area contributed by atoms with Crippen molar-refractivity contribution in [2.45, 2.75) is 25.1 Å². The minimum atomic E-state index is -0.156. The second-order valence-corrected chi connectivity index (χ2v) is 7.62. The molecule has 0 radical (unpaired) electrons. The molecule has 1 heterocycles. The fraction of sp³-hybridized carbons (Fsp3) is 0.300. The van der Waals surface area contributed by atoms with Gasteiger partial charge in [-0.05, 0) is 41.8 Å². The Balaban J connectivity index is 1.73. The summed E-state index contributed by atoms with van der Waals surface area (Å²) in [5.74, 6) is 0.446. The third-order valence-corrected chi connectivity index (χ3v) is 5.67. The van der Waals surface area contributed by atoms with Crippen molar-refractivity contribution in [3.8, 4) is 11.5 Å². The number of thioether (sulfide) groups is 1. The van der Waals surface area contributed by atoms with Gasteiger partial charge in [0.25, 0.3) is 0 Å². The van der Waals surface area contributed by atoms with Crippen LogP contribution in [0.3, 0.4) is 0 Å². The highest BCUT2D eigenvalue weighted by Crippen LogP contribution is 2.38. The van der Waals surface area contributed by atoms with Gasteiger partial charge in [-0.3, -0.25) is 9.59 Å². The lowest BCUT2D eigenvalue weighted by Crippen LogP contribution is -2.38. The smallest absolute Gasteiger partial charge is 0.224 e. The molecule has 142 valence electrons. The van der Waals surface area contributed by atoms with Crippen molar-refractivity contribution in [3.05, 3.63) is 53.6 Å². The van der Waals surface area contributed by atoms with E-state index in [0.29, 0.717) is 19.4 Å². The van der Waals surface area contributed by atoms with Crippen LogP contribution in [0.4, 0.5) is 5.69 Å². The molecule has 1 atom stereocenters. The van der Waals surface area contributed by atoms with E-state index < -0.39 is 0 Å². The number of aromatic hydroxyl groups is 2. The number of rotatable bonds is 5. The van der Waals surface area contributed by atoms with E-state index in [2.05, 4.69) is 5.32 Å². The van der Waals surface area contributed by atoms with Gasteiger partial charge in [0.2, 0.25) is 11.8 Å². The lowest BCUT2D eigenvalue weighted by atomic mass is 10.1. The molecule has 0 aromatic heterocycles. The second kappa shape index (κ2) is 8.35. The van der Waals surface area contributed by atoms with Crippen molar-refractivity contribution < 1.29 is 19.8 Å². The normalized spacial score (nSPS) is 17.0. The van der Waals surface area contributed by atoms with Gasteiger partial charge in [-0.25, -0.2) is 0 Å². The molecule has 2 amide bonds. The summed E-state index contributed by atoms with van der Waals surface area (Å²) in [6.45, 7) is 1.99. The van der Waals surface area contributed by atoms with E-state index in [0.717, 1.165) is 22.6 Å². The average Bonchev–Trinajstić information content (AvgIpc) is 2.63. The van der Waals surface area contributed by atoms with Gasteiger partial charge in [0.15, 0.2) is 11.5 Å². The second-order valence-electron chi connectivity index (χ2n) is 6.44. The summed E-state index contributed by atoms with van der Waals surface area (Å²) in [5.41, 5.74) is 2.59. The molecule has 1 unspecified atom stereocenters. The van der Waals surface area contributed by atoms with Crippen molar-refractivity contribution in [2.75, 3.05) is 17.6 Å². The molecule has 3 rings (SSSR count). The molecule has 2 aromatic rings. The number of anilines is 1. The number of amides is 2. The molecule has 0 bridgehead atoms. The summed E-state index contributed by atoms with van der Waals surface area (Å²) in [4.78, 5) is 25.5. The predicted octanol–water partition coefficient (Wildman–Crippen LogP) is 3.26. The van der Waals surface area contributed by atoms with E-state index in [4.69, 9.17) is 0 Å². The zero-order chi connectivity index (χ0) is 19.4. The maximum absolute atomic E-state index is 12.5. The lowest BCUT2D eigenvalue weighted by Gasteiger charge is -2.35. The third-order valence-electron chi connectivity index (χ3n) is 4.39. The van der Waals surface area contributed by atoms with Crippen LogP contribution in [-0.4, -0.2) is 39.2 Å². The number of carbonyl (C=O) groups is 2. The Labute approximate surface area is 162 Å². The Hall–Kier alpha value is -2.67. The first kappa shape index (κ1) is 19.1. The van der Waals surface area contributed by atoms with Crippen LogP contribution >= 0.6 is 11.8 Å². The average molecular weight is 386 g/mol. The molecule has 0 saturated carbocycles. The Bertz CT molecular complexity index is 838. The van der Waals surface area contributed by atoms with E-state index in [9.17, 15) is 19.8 Å². The van der Waals surface area contributed by atoms with Gasteiger partial charge in [0.1, 0.15) is 5.37 Å². The van der Waals surface area contributed by atoms with Gasteiger partial charge in [-0.2, -0.15) is 0 Å². The molecule has 3 N–H and O–H groups in total. The van der Waals surface area contributed by atoms with Gasteiger partial charge < -0.3 is 20.4 Å². The van der Waals surface area contributed by atoms with Crippen molar-refractivity contribution >= 4 is 29.3 Å². The fourth-order valence-electron chi connectivity index (χ4n) is 3.05. The van der Waals surface area contributed by atoms with Gasteiger partial charge in [-0.1, -0.05) is 18.2 Å². The summed E-state index contributed by atoms with van der Waals surface area (Å²) in [6.07, 6.45) is 1.09. The van der Waals surface area contributed by atoms with Crippen LogP contribution in [0, 0.1) is 0 Å². The van der Waals surface area contributed by atoms with Crippen LogP contribution in [-0.2, 0) is 16.0 Å². The summed E-state index contributed by atoms with van der Waals surface area (Å²) in [6, 6.07) is 12.3. The Morgan fingerprint density at radius 1 is 1.19 bits per heavy atom. The van der Waals surface area contributed by atoms with Crippen molar-refractivity contribution in [1.82, 2.24) is 4.90 Å². The first-order valence-corrected chi connectivity index (χ1v) is 9.78. The third kappa shape index (κ3) is 4.74. The number of benzene rings is 2. The molecule has 2 aromatic carbocycles. The molecule has 7 heteroatoms. The molecular formula is C20H22N2O4S. The molecule has 1 aliphatic heterocycles. The molecule has 0 spiro atoms. The Morgan fingerprint density at radius 3 is 2.59 bits per heavy atom. The standard InChI is InChI=1S/C20H22N2O4S/c1-13(23)21-16-5-3-15(4-6-16)20-22(19(26)9-11-27-20)10-8-14-2-7-17(24)18(25)12-14/h2-7,12,20,24-25H,8-11H2,1H3,(H,21,23). The SMILES string of the molecule is CC(=O)Nc1ccc(C2SCCC(=O)N2CCc2ccc(O)c(O)c2)cc1. The highest BCUT2D eigenvalue weighted by atomic mass is 32.2. The molecule has 0 aliphatic carbocycles. The summed E-state index contributed by atoms with van der Waals surface area (Å²) in [7, 11) is 0. The first-order chi connectivity index (χ1) is 12.9. The molecule has 1 saturated heterocycles. The maximum Gasteiger partial charge on any atom is 0.224 e. The molecule has 1 fully saturated rings. The highest BCUT2D eigenvalue weighted by molar-refractivity contribution is 7.99. The number of nitrogens with zero attached hydrogens (tertiary/aromatic N) is 1. The van der Waals surface area contributed by atoms with Crippen LogP contribution in [0.5, 0.6) is 11.5 Å². The van der Waals surface area contributed by atoms with Gasteiger partial charge in [0, 0.05) is 31.3 Å². The van der Waals surface area contributed by atoms with Crippen LogP contribution in [0.2, 0.25) is 0 Å². The molecule has 6 nitrogen and oxygen atoms in total.